The number of aryl methyl sites for hydroxylation is 1. The molecule has 0 spiro atoms. The van der Waals surface area contributed by atoms with Crippen LogP contribution in [-0.4, -0.2) is 18.5 Å². The van der Waals surface area contributed by atoms with E-state index in [9.17, 15) is 9.59 Å². The van der Waals surface area contributed by atoms with E-state index in [0.717, 1.165) is 34.1 Å². The highest BCUT2D eigenvalue weighted by atomic mass is 32.1. The Labute approximate surface area is 184 Å². The van der Waals surface area contributed by atoms with Crippen LogP contribution in [0.1, 0.15) is 35.3 Å². The molecule has 0 radical (unpaired) electrons. The molecule has 2 aromatic carbocycles. The van der Waals surface area contributed by atoms with Gasteiger partial charge in [0, 0.05) is 21.9 Å². The quantitative estimate of drug-likeness (QED) is 0.359. The maximum Gasteiger partial charge on any atom is 0.341 e. The minimum absolute atomic E-state index is 0.154. The third-order valence-corrected chi connectivity index (χ3v) is 5.98. The van der Waals surface area contributed by atoms with Crippen molar-refractivity contribution >= 4 is 39.2 Å². The molecule has 0 aliphatic rings. The Kier molecular flexibility index (Phi) is 6.18. The summed E-state index contributed by atoms with van der Waals surface area (Å²) in [4.78, 5) is 25.5. The van der Waals surface area contributed by atoms with E-state index in [1.54, 1.807) is 13.2 Å². The first-order valence-electron chi connectivity index (χ1n) is 10.2. The molecule has 1 N–H and O–H groups in total. The standard InChI is InChI=1S/C25H23NO4S/c1-3-16-10-11-21-19(12-16)18(14-30-21)13-22(27)26-24-23(25(28)29-4-2)20(15-31-24)17-8-6-5-7-9-17/h5-12,14-15H,3-4,13H2,1-2H3,(H,26,27). The van der Waals surface area contributed by atoms with Crippen LogP contribution in [0.15, 0.2) is 64.6 Å². The second-order valence-corrected chi connectivity index (χ2v) is 7.99. The lowest BCUT2D eigenvalue weighted by Crippen LogP contribution is -2.16. The first-order valence-corrected chi connectivity index (χ1v) is 11.1. The van der Waals surface area contributed by atoms with Gasteiger partial charge in [-0.05, 0) is 36.6 Å². The molecule has 0 atom stereocenters. The predicted octanol–water partition coefficient (Wildman–Crippen LogP) is 6.08. The minimum atomic E-state index is -0.445. The van der Waals surface area contributed by atoms with Gasteiger partial charge in [-0.2, -0.15) is 0 Å². The molecule has 2 heterocycles. The van der Waals surface area contributed by atoms with Gasteiger partial charge in [0.05, 0.1) is 19.3 Å². The Morgan fingerprint density at radius 3 is 2.65 bits per heavy atom. The predicted molar refractivity (Wildman–Crippen MR) is 124 cm³/mol. The number of anilines is 1. The SMILES string of the molecule is CCOC(=O)c1c(-c2ccccc2)csc1NC(=O)Cc1coc2ccc(CC)cc12. The number of hydrogen-bond donors (Lipinski definition) is 1. The summed E-state index contributed by atoms with van der Waals surface area (Å²) in [6.45, 7) is 4.11. The van der Waals surface area contributed by atoms with Crippen LogP contribution >= 0.6 is 11.3 Å². The van der Waals surface area contributed by atoms with Crippen molar-refractivity contribution < 1.29 is 18.7 Å². The lowest BCUT2D eigenvalue weighted by atomic mass is 10.0. The molecule has 0 aliphatic carbocycles. The number of nitrogens with one attached hydrogen (secondary N) is 1. The highest BCUT2D eigenvalue weighted by Crippen LogP contribution is 2.36. The molecule has 0 saturated carbocycles. The number of esters is 1. The molecule has 158 valence electrons. The van der Waals surface area contributed by atoms with E-state index in [4.69, 9.17) is 9.15 Å². The van der Waals surface area contributed by atoms with Gasteiger partial charge in [0.1, 0.15) is 16.1 Å². The van der Waals surface area contributed by atoms with Gasteiger partial charge in [0.2, 0.25) is 5.91 Å². The summed E-state index contributed by atoms with van der Waals surface area (Å²) in [5.74, 6) is -0.657. The summed E-state index contributed by atoms with van der Waals surface area (Å²) in [6, 6.07) is 15.6. The fourth-order valence-electron chi connectivity index (χ4n) is 3.52. The zero-order valence-electron chi connectivity index (χ0n) is 17.4. The van der Waals surface area contributed by atoms with E-state index < -0.39 is 5.97 Å². The second kappa shape index (κ2) is 9.18. The number of carbonyl (C=O) groups is 2. The van der Waals surface area contributed by atoms with E-state index >= 15 is 0 Å². The normalized spacial score (nSPS) is 10.9. The van der Waals surface area contributed by atoms with Gasteiger partial charge < -0.3 is 14.5 Å². The Morgan fingerprint density at radius 1 is 1.10 bits per heavy atom. The second-order valence-electron chi connectivity index (χ2n) is 7.11. The third kappa shape index (κ3) is 4.39. The van der Waals surface area contributed by atoms with Crippen molar-refractivity contribution in [1.82, 2.24) is 0 Å². The Hall–Kier alpha value is -3.38. The number of fused-ring (bicyclic) bond motifs is 1. The fraction of sp³-hybridized carbons (Fsp3) is 0.200. The van der Waals surface area contributed by atoms with E-state index in [1.165, 1.54) is 16.9 Å². The molecule has 5 nitrogen and oxygen atoms in total. The molecule has 0 saturated heterocycles. The fourth-order valence-corrected chi connectivity index (χ4v) is 4.49. The first-order chi connectivity index (χ1) is 15.1. The number of hydrogen-bond acceptors (Lipinski definition) is 5. The van der Waals surface area contributed by atoms with Crippen molar-refractivity contribution in [3.05, 3.63) is 76.9 Å². The van der Waals surface area contributed by atoms with Crippen LogP contribution in [0.5, 0.6) is 0 Å². The Bertz CT molecular complexity index is 1220. The summed E-state index contributed by atoms with van der Waals surface area (Å²) in [7, 11) is 0. The zero-order chi connectivity index (χ0) is 21.8. The van der Waals surface area contributed by atoms with E-state index in [1.807, 2.05) is 47.8 Å². The number of furan rings is 1. The largest absolute Gasteiger partial charge is 0.464 e. The summed E-state index contributed by atoms with van der Waals surface area (Å²) in [5.41, 5.74) is 4.80. The molecule has 4 aromatic rings. The van der Waals surface area contributed by atoms with E-state index in [-0.39, 0.29) is 18.9 Å². The lowest BCUT2D eigenvalue weighted by molar-refractivity contribution is -0.115. The number of amides is 1. The van der Waals surface area contributed by atoms with Gasteiger partial charge in [0.25, 0.3) is 0 Å². The van der Waals surface area contributed by atoms with Gasteiger partial charge >= 0.3 is 5.97 Å². The van der Waals surface area contributed by atoms with Gasteiger partial charge in [-0.3, -0.25) is 4.79 Å². The molecule has 0 aliphatic heterocycles. The van der Waals surface area contributed by atoms with Crippen molar-refractivity contribution in [3.63, 3.8) is 0 Å². The van der Waals surface area contributed by atoms with Gasteiger partial charge in [-0.25, -0.2) is 4.79 Å². The molecule has 0 bridgehead atoms. The van der Waals surface area contributed by atoms with Crippen molar-refractivity contribution in [2.75, 3.05) is 11.9 Å². The summed E-state index contributed by atoms with van der Waals surface area (Å²) in [6.07, 6.45) is 2.69. The number of carbonyl (C=O) groups excluding carboxylic acids is 2. The number of ether oxygens (including phenoxy) is 1. The van der Waals surface area contributed by atoms with Crippen LogP contribution in [0.2, 0.25) is 0 Å². The minimum Gasteiger partial charge on any atom is -0.464 e. The molecule has 0 fully saturated rings. The Morgan fingerprint density at radius 2 is 1.90 bits per heavy atom. The molecule has 31 heavy (non-hydrogen) atoms. The third-order valence-electron chi connectivity index (χ3n) is 5.09. The van der Waals surface area contributed by atoms with Gasteiger partial charge in [-0.1, -0.05) is 43.3 Å². The van der Waals surface area contributed by atoms with Crippen LogP contribution in [0.25, 0.3) is 22.1 Å². The summed E-state index contributed by atoms with van der Waals surface area (Å²) in [5, 5.41) is 6.21. The first kappa shape index (κ1) is 20.9. The average Bonchev–Trinajstić information content (AvgIpc) is 3.38. The molecule has 4 rings (SSSR count). The maximum atomic E-state index is 12.9. The average molecular weight is 434 g/mol. The van der Waals surface area contributed by atoms with Crippen molar-refractivity contribution in [2.45, 2.75) is 26.7 Å². The molecule has 2 aromatic heterocycles. The van der Waals surface area contributed by atoms with Crippen LogP contribution in [0, 0.1) is 0 Å². The van der Waals surface area contributed by atoms with Crippen LogP contribution in [0.3, 0.4) is 0 Å². The summed E-state index contributed by atoms with van der Waals surface area (Å²) < 4.78 is 10.9. The monoisotopic (exact) mass is 433 g/mol. The number of rotatable bonds is 7. The zero-order valence-corrected chi connectivity index (χ0v) is 18.3. The van der Waals surface area contributed by atoms with Gasteiger partial charge in [0.15, 0.2) is 0 Å². The highest BCUT2D eigenvalue weighted by Gasteiger charge is 2.23. The maximum absolute atomic E-state index is 12.9. The highest BCUT2D eigenvalue weighted by molar-refractivity contribution is 7.15. The smallest absolute Gasteiger partial charge is 0.341 e. The molecular formula is C25H23NO4S. The molecule has 1 amide bonds. The van der Waals surface area contributed by atoms with Gasteiger partial charge in [-0.15, -0.1) is 11.3 Å². The molecule has 0 unspecified atom stereocenters. The Balaban J connectivity index is 1.61. The van der Waals surface area contributed by atoms with Crippen LogP contribution < -0.4 is 5.32 Å². The van der Waals surface area contributed by atoms with Crippen LogP contribution in [-0.2, 0) is 22.4 Å². The molecular weight excluding hydrogens is 410 g/mol. The van der Waals surface area contributed by atoms with E-state index in [0.29, 0.717) is 10.6 Å². The van der Waals surface area contributed by atoms with E-state index in [2.05, 4.69) is 18.3 Å². The van der Waals surface area contributed by atoms with Crippen molar-refractivity contribution in [2.24, 2.45) is 0 Å². The van der Waals surface area contributed by atoms with Crippen molar-refractivity contribution in [3.8, 4) is 11.1 Å². The van der Waals surface area contributed by atoms with Crippen molar-refractivity contribution in [1.29, 1.82) is 0 Å². The topological polar surface area (TPSA) is 68.5 Å². The summed E-state index contributed by atoms with van der Waals surface area (Å²) >= 11 is 1.32. The lowest BCUT2D eigenvalue weighted by Gasteiger charge is -2.09. The molecule has 6 heteroatoms. The number of thiophene rings is 1. The van der Waals surface area contributed by atoms with Crippen LogP contribution in [0.4, 0.5) is 5.00 Å². The number of benzene rings is 2.